The summed E-state index contributed by atoms with van der Waals surface area (Å²) >= 11 is 0. The average molecular weight is 259 g/mol. The van der Waals surface area contributed by atoms with Crippen molar-refractivity contribution in [2.24, 2.45) is 0 Å². The largest absolute Gasteiger partial charge is 0.454 e. The first-order chi connectivity index (χ1) is 9.22. The minimum absolute atomic E-state index is 0.173. The van der Waals surface area contributed by atoms with Gasteiger partial charge in [0, 0.05) is 6.04 Å². The van der Waals surface area contributed by atoms with Crippen LogP contribution in [0.2, 0.25) is 0 Å². The Balaban J connectivity index is 1.84. The van der Waals surface area contributed by atoms with Crippen molar-refractivity contribution in [3.05, 3.63) is 23.8 Å². The molecule has 0 spiro atoms. The van der Waals surface area contributed by atoms with Gasteiger partial charge in [0.25, 0.3) is 0 Å². The summed E-state index contributed by atoms with van der Waals surface area (Å²) in [5.41, 5.74) is 1.27. The molecule has 1 aliphatic rings. The summed E-state index contributed by atoms with van der Waals surface area (Å²) in [6, 6.07) is 6.72. The molecule has 0 fully saturated rings. The van der Waals surface area contributed by atoms with Gasteiger partial charge in [-0.15, -0.1) is 6.42 Å². The Hall–Kier alpha value is -1.66. The molecule has 2 unspecified atom stereocenters. The molecule has 0 radical (unpaired) electrons. The number of nitrogens with one attached hydrogen (secondary N) is 1. The van der Waals surface area contributed by atoms with Crippen LogP contribution in [-0.2, 0) is 6.42 Å². The van der Waals surface area contributed by atoms with Crippen LogP contribution in [0, 0.1) is 12.3 Å². The second-order valence-electron chi connectivity index (χ2n) is 4.92. The summed E-state index contributed by atoms with van der Waals surface area (Å²) in [6.07, 6.45) is 8.48. The number of rotatable bonds is 6. The molecular weight excluding hydrogens is 238 g/mol. The first-order valence-corrected chi connectivity index (χ1v) is 6.83. The van der Waals surface area contributed by atoms with E-state index in [0.29, 0.717) is 12.8 Å². The maximum Gasteiger partial charge on any atom is 0.231 e. The molecule has 1 aromatic carbocycles. The molecule has 0 bridgehead atoms. The number of benzene rings is 1. The van der Waals surface area contributed by atoms with Crippen molar-refractivity contribution < 1.29 is 9.47 Å². The predicted octanol–water partition coefficient (Wildman–Crippen LogP) is 2.74. The molecule has 0 aromatic heterocycles. The van der Waals surface area contributed by atoms with E-state index in [4.69, 9.17) is 15.9 Å². The molecule has 1 N–H and O–H groups in total. The topological polar surface area (TPSA) is 30.5 Å². The van der Waals surface area contributed by atoms with E-state index in [1.165, 1.54) is 5.56 Å². The molecule has 3 nitrogen and oxygen atoms in total. The van der Waals surface area contributed by atoms with Crippen molar-refractivity contribution in [2.75, 3.05) is 6.79 Å². The van der Waals surface area contributed by atoms with Crippen LogP contribution in [0.15, 0.2) is 18.2 Å². The fourth-order valence-corrected chi connectivity index (χ4v) is 2.19. The normalized spacial score (nSPS) is 15.8. The first-order valence-electron chi connectivity index (χ1n) is 6.83. The van der Waals surface area contributed by atoms with E-state index in [1.807, 2.05) is 6.07 Å². The van der Waals surface area contributed by atoms with Crippen LogP contribution >= 0.6 is 0 Å². The molecule has 2 atom stereocenters. The maximum atomic E-state index is 5.46. The molecular formula is C16H21NO2. The standard InChI is InChI=1S/C16H21NO2/c1-4-14(5-2)17-12(3)6-7-13-8-9-15-16(10-13)19-11-18-15/h1,8-10,12,14,17H,5-7,11H2,2-3H3. The highest BCUT2D eigenvalue weighted by Crippen LogP contribution is 2.32. The van der Waals surface area contributed by atoms with Crippen molar-refractivity contribution in [3.8, 4) is 23.8 Å². The minimum atomic E-state index is 0.173. The van der Waals surface area contributed by atoms with E-state index in [0.717, 1.165) is 30.8 Å². The first kappa shape index (κ1) is 13.8. The molecule has 1 aliphatic heterocycles. The number of aryl methyl sites for hydroxylation is 1. The van der Waals surface area contributed by atoms with Crippen molar-refractivity contribution in [2.45, 2.75) is 45.2 Å². The Bertz CT molecular complexity index is 464. The summed E-state index contributed by atoms with van der Waals surface area (Å²) in [6.45, 7) is 4.60. The van der Waals surface area contributed by atoms with Crippen LogP contribution in [0.3, 0.4) is 0 Å². The van der Waals surface area contributed by atoms with Crippen molar-refractivity contribution >= 4 is 0 Å². The highest BCUT2D eigenvalue weighted by Gasteiger charge is 2.14. The zero-order valence-electron chi connectivity index (χ0n) is 11.6. The fourth-order valence-electron chi connectivity index (χ4n) is 2.19. The fraction of sp³-hybridized carbons (Fsp3) is 0.500. The van der Waals surface area contributed by atoms with Gasteiger partial charge in [0.1, 0.15) is 0 Å². The van der Waals surface area contributed by atoms with Crippen LogP contribution in [-0.4, -0.2) is 18.9 Å². The third-order valence-electron chi connectivity index (χ3n) is 3.40. The molecule has 1 heterocycles. The van der Waals surface area contributed by atoms with Crippen LogP contribution in [0.5, 0.6) is 11.5 Å². The predicted molar refractivity (Wildman–Crippen MR) is 76.4 cm³/mol. The van der Waals surface area contributed by atoms with E-state index < -0.39 is 0 Å². The molecule has 102 valence electrons. The lowest BCUT2D eigenvalue weighted by Gasteiger charge is -2.18. The Morgan fingerprint density at radius 3 is 2.89 bits per heavy atom. The molecule has 0 saturated carbocycles. The van der Waals surface area contributed by atoms with Gasteiger partial charge < -0.3 is 14.8 Å². The number of hydrogen-bond acceptors (Lipinski definition) is 3. The number of ether oxygens (including phenoxy) is 2. The van der Waals surface area contributed by atoms with Crippen LogP contribution in [0.25, 0.3) is 0 Å². The highest BCUT2D eigenvalue weighted by molar-refractivity contribution is 5.44. The van der Waals surface area contributed by atoms with Gasteiger partial charge in [0.05, 0.1) is 6.04 Å². The van der Waals surface area contributed by atoms with E-state index in [1.54, 1.807) is 0 Å². The molecule has 0 aliphatic carbocycles. The van der Waals surface area contributed by atoms with Crippen LogP contribution < -0.4 is 14.8 Å². The van der Waals surface area contributed by atoms with Crippen LogP contribution in [0.4, 0.5) is 0 Å². The summed E-state index contributed by atoms with van der Waals surface area (Å²) in [4.78, 5) is 0. The lowest BCUT2D eigenvalue weighted by atomic mass is 10.0. The lowest BCUT2D eigenvalue weighted by molar-refractivity contribution is 0.174. The van der Waals surface area contributed by atoms with Gasteiger partial charge in [0.15, 0.2) is 11.5 Å². The summed E-state index contributed by atoms with van der Waals surface area (Å²) in [5.74, 6) is 4.46. The zero-order valence-corrected chi connectivity index (χ0v) is 11.6. The van der Waals surface area contributed by atoms with Gasteiger partial charge in [-0.05, 0) is 43.9 Å². The Kier molecular flexibility index (Phi) is 4.70. The zero-order chi connectivity index (χ0) is 13.7. The summed E-state index contributed by atoms with van der Waals surface area (Å²) < 4.78 is 10.7. The van der Waals surface area contributed by atoms with Gasteiger partial charge in [-0.2, -0.15) is 0 Å². The number of terminal acetylenes is 1. The monoisotopic (exact) mass is 259 g/mol. The average Bonchev–Trinajstić information content (AvgIpc) is 2.89. The molecule has 0 saturated heterocycles. The van der Waals surface area contributed by atoms with E-state index in [2.05, 4.69) is 37.2 Å². The molecule has 0 amide bonds. The van der Waals surface area contributed by atoms with Gasteiger partial charge in [-0.1, -0.05) is 18.9 Å². The van der Waals surface area contributed by atoms with E-state index in [-0.39, 0.29) is 6.04 Å². The van der Waals surface area contributed by atoms with Gasteiger partial charge >= 0.3 is 0 Å². The molecule has 3 heteroatoms. The van der Waals surface area contributed by atoms with E-state index >= 15 is 0 Å². The third kappa shape index (κ3) is 3.65. The quantitative estimate of drug-likeness (QED) is 0.797. The summed E-state index contributed by atoms with van der Waals surface area (Å²) in [7, 11) is 0. The second kappa shape index (κ2) is 6.49. The summed E-state index contributed by atoms with van der Waals surface area (Å²) in [5, 5.41) is 3.45. The smallest absolute Gasteiger partial charge is 0.231 e. The van der Waals surface area contributed by atoms with Crippen molar-refractivity contribution in [1.82, 2.24) is 5.32 Å². The van der Waals surface area contributed by atoms with E-state index in [9.17, 15) is 0 Å². The lowest BCUT2D eigenvalue weighted by Crippen LogP contribution is -2.35. The SMILES string of the molecule is C#CC(CC)NC(C)CCc1ccc2c(c1)OCO2. The molecule has 19 heavy (non-hydrogen) atoms. The van der Waals surface area contributed by atoms with Crippen molar-refractivity contribution in [3.63, 3.8) is 0 Å². The van der Waals surface area contributed by atoms with Gasteiger partial charge in [0.2, 0.25) is 6.79 Å². The second-order valence-corrected chi connectivity index (χ2v) is 4.92. The highest BCUT2D eigenvalue weighted by atomic mass is 16.7. The molecule has 2 rings (SSSR count). The Morgan fingerprint density at radius 1 is 1.37 bits per heavy atom. The van der Waals surface area contributed by atoms with Gasteiger partial charge in [-0.25, -0.2) is 0 Å². The third-order valence-corrected chi connectivity index (χ3v) is 3.40. The van der Waals surface area contributed by atoms with Crippen LogP contribution in [0.1, 0.15) is 32.3 Å². The Morgan fingerprint density at radius 2 is 2.16 bits per heavy atom. The maximum absolute atomic E-state index is 5.46. The number of hydrogen-bond donors (Lipinski definition) is 1. The molecule has 1 aromatic rings. The van der Waals surface area contributed by atoms with Crippen molar-refractivity contribution in [1.29, 1.82) is 0 Å². The van der Waals surface area contributed by atoms with Gasteiger partial charge in [-0.3, -0.25) is 0 Å². The Labute approximate surface area is 115 Å². The minimum Gasteiger partial charge on any atom is -0.454 e. The number of fused-ring (bicyclic) bond motifs is 1.